The number of amides is 2. The molecule has 1 saturated heterocycles. The minimum Gasteiger partial charge on any atom is -0.465 e. The van der Waals surface area contributed by atoms with E-state index in [2.05, 4.69) is 27.7 Å². The Labute approximate surface area is 159 Å². The molecule has 2 fully saturated rings. The lowest BCUT2D eigenvalue weighted by Crippen LogP contribution is -2.42. The topological polar surface area (TPSA) is 113 Å². The van der Waals surface area contributed by atoms with Crippen LogP contribution in [-0.2, 0) is 11.3 Å². The standard InChI is InChI=1S/C18H30N6O3/c1-2-9-24-21-16(20-22-24)15-8-5-10-23(15)17(25)14(12-19-18(26)27)11-13-6-3-4-7-13/h13-15,19H,2-12H2,1H3,(H,26,27)/t14-,15+/m1/s1. The Kier molecular flexibility index (Phi) is 6.63. The molecule has 9 heteroatoms. The van der Waals surface area contributed by atoms with Crippen molar-refractivity contribution < 1.29 is 14.7 Å². The van der Waals surface area contributed by atoms with E-state index in [0.29, 0.717) is 24.8 Å². The summed E-state index contributed by atoms with van der Waals surface area (Å²) in [6, 6.07) is -0.154. The molecule has 1 aliphatic heterocycles. The van der Waals surface area contributed by atoms with Crippen LogP contribution < -0.4 is 5.32 Å². The van der Waals surface area contributed by atoms with Gasteiger partial charge in [-0.05, 0) is 36.8 Å². The summed E-state index contributed by atoms with van der Waals surface area (Å²) in [5, 5.41) is 24.1. The zero-order chi connectivity index (χ0) is 19.2. The smallest absolute Gasteiger partial charge is 0.404 e. The lowest BCUT2D eigenvalue weighted by atomic mass is 9.91. The van der Waals surface area contributed by atoms with Gasteiger partial charge in [-0.15, -0.1) is 10.2 Å². The molecule has 1 aromatic rings. The largest absolute Gasteiger partial charge is 0.465 e. The van der Waals surface area contributed by atoms with Crippen molar-refractivity contribution in [3.05, 3.63) is 5.82 Å². The Morgan fingerprint density at radius 3 is 2.74 bits per heavy atom. The number of nitrogens with one attached hydrogen (secondary N) is 1. The third-order valence-corrected chi connectivity index (χ3v) is 5.67. The van der Waals surface area contributed by atoms with Gasteiger partial charge in [-0.1, -0.05) is 32.6 Å². The van der Waals surface area contributed by atoms with Crippen molar-refractivity contribution in [2.75, 3.05) is 13.1 Å². The number of carbonyl (C=O) groups excluding carboxylic acids is 1. The summed E-state index contributed by atoms with van der Waals surface area (Å²) in [7, 11) is 0. The summed E-state index contributed by atoms with van der Waals surface area (Å²) in [4.78, 5) is 27.7. The van der Waals surface area contributed by atoms with Gasteiger partial charge in [0.2, 0.25) is 5.91 Å². The summed E-state index contributed by atoms with van der Waals surface area (Å²) in [5.74, 6) is 0.805. The van der Waals surface area contributed by atoms with Gasteiger partial charge in [0.15, 0.2) is 5.82 Å². The average molecular weight is 378 g/mol. The fraction of sp³-hybridized carbons (Fsp3) is 0.833. The summed E-state index contributed by atoms with van der Waals surface area (Å²) in [6.45, 7) is 3.60. The Bertz CT molecular complexity index is 643. The van der Waals surface area contributed by atoms with Gasteiger partial charge in [-0.2, -0.15) is 4.80 Å². The molecule has 2 aliphatic rings. The number of hydrogen-bond acceptors (Lipinski definition) is 5. The minimum atomic E-state index is -1.08. The van der Waals surface area contributed by atoms with Crippen LogP contribution in [-0.4, -0.2) is 55.3 Å². The van der Waals surface area contributed by atoms with Crippen LogP contribution in [0.4, 0.5) is 4.79 Å². The molecule has 0 spiro atoms. The number of hydrogen-bond donors (Lipinski definition) is 2. The Hall–Kier alpha value is -2.19. The van der Waals surface area contributed by atoms with Crippen molar-refractivity contribution in [1.82, 2.24) is 30.4 Å². The molecule has 27 heavy (non-hydrogen) atoms. The molecular formula is C18H30N6O3. The van der Waals surface area contributed by atoms with Crippen molar-refractivity contribution in [1.29, 1.82) is 0 Å². The molecule has 2 atom stereocenters. The Morgan fingerprint density at radius 2 is 2.04 bits per heavy atom. The van der Waals surface area contributed by atoms with Gasteiger partial charge < -0.3 is 15.3 Å². The van der Waals surface area contributed by atoms with E-state index in [9.17, 15) is 9.59 Å². The maximum Gasteiger partial charge on any atom is 0.404 e. The third kappa shape index (κ3) is 4.95. The molecule has 0 bridgehead atoms. The van der Waals surface area contributed by atoms with Crippen LogP contribution >= 0.6 is 0 Å². The third-order valence-electron chi connectivity index (χ3n) is 5.67. The molecule has 0 radical (unpaired) electrons. The number of carbonyl (C=O) groups is 2. The van der Waals surface area contributed by atoms with Crippen molar-refractivity contribution in [3.63, 3.8) is 0 Å². The molecule has 1 aromatic heterocycles. The summed E-state index contributed by atoms with van der Waals surface area (Å²) in [5.41, 5.74) is 0. The van der Waals surface area contributed by atoms with E-state index in [1.165, 1.54) is 12.8 Å². The number of carboxylic acid groups (broad SMARTS) is 1. The zero-order valence-electron chi connectivity index (χ0n) is 16.0. The summed E-state index contributed by atoms with van der Waals surface area (Å²) in [6.07, 6.45) is 6.99. The van der Waals surface area contributed by atoms with Crippen molar-refractivity contribution in [2.45, 2.75) is 70.9 Å². The number of aromatic nitrogens is 4. The number of tetrazole rings is 1. The van der Waals surface area contributed by atoms with E-state index in [0.717, 1.165) is 38.5 Å². The van der Waals surface area contributed by atoms with E-state index in [1.54, 1.807) is 4.80 Å². The quantitative estimate of drug-likeness (QED) is 0.717. The molecule has 1 saturated carbocycles. The van der Waals surface area contributed by atoms with Gasteiger partial charge in [0.05, 0.1) is 18.5 Å². The molecule has 150 valence electrons. The molecule has 0 unspecified atom stereocenters. The first-order chi connectivity index (χ1) is 13.1. The highest BCUT2D eigenvalue weighted by molar-refractivity contribution is 5.80. The highest BCUT2D eigenvalue weighted by atomic mass is 16.4. The van der Waals surface area contributed by atoms with Gasteiger partial charge in [0.1, 0.15) is 0 Å². The van der Waals surface area contributed by atoms with Gasteiger partial charge in [-0.3, -0.25) is 4.79 Å². The van der Waals surface area contributed by atoms with Crippen LogP contribution in [0.1, 0.15) is 70.2 Å². The minimum absolute atomic E-state index is 0.0185. The van der Waals surface area contributed by atoms with Crippen LogP contribution in [0.3, 0.4) is 0 Å². The van der Waals surface area contributed by atoms with Crippen molar-refractivity contribution in [2.24, 2.45) is 11.8 Å². The van der Waals surface area contributed by atoms with Gasteiger partial charge in [0.25, 0.3) is 0 Å². The van der Waals surface area contributed by atoms with Gasteiger partial charge >= 0.3 is 6.09 Å². The van der Waals surface area contributed by atoms with E-state index < -0.39 is 6.09 Å². The van der Waals surface area contributed by atoms with Crippen molar-refractivity contribution >= 4 is 12.0 Å². The SMILES string of the molecule is CCCn1nnc([C@@H]2CCCN2C(=O)[C@@H](CNC(=O)O)CC2CCCC2)n1. The molecule has 2 amide bonds. The molecule has 3 rings (SSSR count). The second kappa shape index (κ2) is 9.14. The van der Waals surface area contributed by atoms with E-state index >= 15 is 0 Å². The molecule has 1 aliphatic carbocycles. The fourth-order valence-corrected chi connectivity index (χ4v) is 4.35. The van der Waals surface area contributed by atoms with Crippen LogP contribution in [0, 0.1) is 11.8 Å². The first-order valence-electron chi connectivity index (χ1n) is 10.1. The molecule has 2 N–H and O–H groups in total. The maximum absolute atomic E-state index is 13.3. The normalized spacial score (nSPS) is 21.5. The Balaban J connectivity index is 1.70. The summed E-state index contributed by atoms with van der Waals surface area (Å²) >= 11 is 0. The predicted molar refractivity (Wildman–Crippen MR) is 97.9 cm³/mol. The zero-order valence-corrected chi connectivity index (χ0v) is 16.0. The molecule has 0 aromatic carbocycles. The van der Waals surface area contributed by atoms with Crippen LogP contribution in [0.25, 0.3) is 0 Å². The monoisotopic (exact) mass is 378 g/mol. The van der Waals surface area contributed by atoms with E-state index in [1.807, 2.05) is 4.90 Å². The molecule has 9 nitrogen and oxygen atoms in total. The second-order valence-electron chi connectivity index (χ2n) is 7.70. The number of likely N-dealkylation sites (tertiary alicyclic amines) is 1. The van der Waals surface area contributed by atoms with E-state index in [4.69, 9.17) is 5.11 Å². The molecule has 2 heterocycles. The number of nitrogens with zero attached hydrogens (tertiary/aromatic N) is 5. The highest BCUT2D eigenvalue weighted by Gasteiger charge is 2.37. The van der Waals surface area contributed by atoms with Gasteiger partial charge in [0, 0.05) is 13.1 Å². The van der Waals surface area contributed by atoms with Crippen LogP contribution in [0.2, 0.25) is 0 Å². The lowest BCUT2D eigenvalue weighted by Gasteiger charge is -2.28. The van der Waals surface area contributed by atoms with Crippen molar-refractivity contribution in [3.8, 4) is 0 Å². The fourth-order valence-electron chi connectivity index (χ4n) is 4.35. The number of rotatable bonds is 8. The van der Waals surface area contributed by atoms with E-state index in [-0.39, 0.29) is 24.4 Å². The second-order valence-corrected chi connectivity index (χ2v) is 7.70. The Morgan fingerprint density at radius 1 is 1.26 bits per heavy atom. The average Bonchev–Trinajstić information content (AvgIpc) is 3.38. The maximum atomic E-state index is 13.3. The predicted octanol–water partition coefficient (Wildman–Crippen LogP) is 2.21. The first kappa shape index (κ1) is 19.6. The number of aryl methyl sites for hydroxylation is 1. The van der Waals surface area contributed by atoms with Crippen LogP contribution in [0.5, 0.6) is 0 Å². The first-order valence-corrected chi connectivity index (χ1v) is 10.1. The van der Waals surface area contributed by atoms with Crippen LogP contribution in [0.15, 0.2) is 0 Å². The van der Waals surface area contributed by atoms with Gasteiger partial charge in [-0.25, -0.2) is 4.79 Å². The highest BCUT2D eigenvalue weighted by Crippen LogP contribution is 2.34. The molecular weight excluding hydrogens is 348 g/mol. The summed E-state index contributed by atoms with van der Waals surface area (Å²) < 4.78 is 0. The lowest BCUT2D eigenvalue weighted by molar-refractivity contribution is -0.137.